The van der Waals surface area contributed by atoms with E-state index in [9.17, 15) is 4.79 Å². The first-order chi connectivity index (χ1) is 23.7. The standard InChI is InChI=1S/C47H74O2/c1-7-8-9-10-11-12-13-14-15-16-17-18-19-20-21-22-23-27-45(48)49-40-32-34-46(5)39(36-40)28-29-41-43-31-30-42(38(4)26-24-25-37(2)3)47(43,6)35-33-44(41)46/h8-9,11-12,14-15,17-18,20-21,28,37-38,40-44H,7,10,13,16,19,22-27,29-36H2,1-6H3/b9-8-,12-11-,15-14-,18-17-,21-20-. The van der Waals surface area contributed by atoms with Crippen molar-refractivity contribution in [1.29, 1.82) is 0 Å². The normalized spacial score (nSPS) is 32.4. The third-order valence-electron chi connectivity index (χ3n) is 13.5. The number of fused-ring (bicyclic) bond motifs is 5. The van der Waals surface area contributed by atoms with Crippen molar-refractivity contribution in [3.63, 3.8) is 0 Å². The van der Waals surface area contributed by atoms with E-state index in [-0.39, 0.29) is 12.1 Å². The summed E-state index contributed by atoms with van der Waals surface area (Å²) >= 11 is 0. The maximum absolute atomic E-state index is 12.8. The van der Waals surface area contributed by atoms with E-state index in [1.165, 1.54) is 57.8 Å². The minimum absolute atomic E-state index is 0.00295. The van der Waals surface area contributed by atoms with Crippen molar-refractivity contribution in [1.82, 2.24) is 0 Å². The predicted octanol–water partition coefficient (Wildman–Crippen LogP) is 13.9. The third kappa shape index (κ3) is 11.2. The topological polar surface area (TPSA) is 26.3 Å². The van der Waals surface area contributed by atoms with Crippen LogP contribution < -0.4 is 0 Å². The van der Waals surface area contributed by atoms with E-state index in [0.29, 0.717) is 17.3 Å². The molecule has 0 radical (unpaired) electrons. The molecule has 0 aromatic carbocycles. The van der Waals surface area contributed by atoms with Crippen LogP contribution in [-0.2, 0) is 9.53 Å². The summed E-state index contributed by atoms with van der Waals surface area (Å²) in [6.45, 7) is 14.8. The summed E-state index contributed by atoms with van der Waals surface area (Å²) in [6.07, 6.45) is 46.8. The van der Waals surface area contributed by atoms with Crippen LogP contribution in [0.5, 0.6) is 0 Å². The average molecular weight is 671 g/mol. The Morgan fingerprint density at radius 1 is 0.796 bits per heavy atom. The monoisotopic (exact) mass is 671 g/mol. The van der Waals surface area contributed by atoms with E-state index in [1.807, 2.05) is 0 Å². The van der Waals surface area contributed by atoms with Crippen LogP contribution in [-0.4, -0.2) is 12.1 Å². The Bertz CT molecular complexity index is 1180. The molecule has 0 aliphatic heterocycles. The van der Waals surface area contributed by atoms with Gasteiger partial charge >= 0.3 is 5.97 Å². The van der Waals surface area contributed by atoms with Gasteiger partial charge in [-0.05, 0) is 136 Å². The van der Waals surface area contributed by atoms with Gasteiger partial charge in [0.15, 0.2) is 0 Å². The number of hydrogen-bond donors (Lipinski definition) is 0. The lowest BCUT2D eigenvalue weighted by molar-refractivity contribution is -0.151. The zero-order valence-corrected chi connectivity index (χ0v) is 32.6. The fourth-order valence-corrected chi connectivity index (χ4v) is 10.7. The first kappa shape index (κ1) is 39.7. The van der Waals surface area contributed by atoms with E-state index >= 15 is 0 Å². The highest BCUT2D eigenvalue weighted by Crippen LogP contribution is 2.67. The molecule has 3 fully saturated rings. The van der Waals surface area contributed by atoms with Gasteiger partial charge in [-0.3, -0.25) is 4.79 Å². The highest BCUT2D eigenvalue weighted by Gasteiger charge is 2.59. The molecule has 4 aliphatic carbocycles. The molecule has 4 aliphatic rings. The highest BCUT2D eigenvalue weighted by molar-refractivity contribution is 5.69. The van der Waals surface area contributed by atoms with Gasteiger partial charge in [-0.1, -0.05) is 133 Å². The Balaban J connectivity index is 1.13. The molecule has 0 saturated heterocycles. The number of ether oxygens (including phenoxy) is 1. The Morgan fingerprint density at radius 2 is 1.45 bits per heavy atom. The van der Waals surface area contributed by atoms with Gasteiger partial charge in [0.2, 0.25) is 0 Å². The molecular weight excluding hydrogens is 597 g/mol. The van der Waals surface area contributed by atoms with Crippen LogP contribution in [0.2, 0.25) is 0 Å². The van der Waals surface area contributed by atoms with E-state index in [2.05, 4.69) is 108 Å². The van der Waals surface area contributed by atoms with Gasteiger partial charge in [-0.15, -0.1) is 0 Å². The van der Waals surface area contributed by atoms with Crippen LogP contribution >= 0.6 is 0 Å². The molecule has 2 nitrogen and oxygen atoms in total. The van der Waals surface area contributed by atoms with Gasteiger partial charge in [-0.2, -0.15) is 0 Å². The van der Waals surface area contributed by atoms with E-state index in [0.717, 1.165) is 93.3 Å². The molecule has 3 saturated carbocycles. The van der Waals surface area contributed by atoms with Gasteiger partial charge in [0.1, 0.15) is 6.10 Å². The molecular formula is C47H74O2. The van der Waals surface area contributed by atoms with Gasteiger partial charge in [-0.25, -0.2) is 0 Å². The molecule has 0 bridgehead atoms. The molecule has 0 N–H and O–H groups in total. The minimum Gasteiger partial charge on any atom is -0.462 e. The Kier molecular flexibility index (Phi) is 16.3. The number of esters is 1. The van der Waals surface area contributed by atoms with Crippen molar-refractivity contribution in [3.8, 4) is 0 Å². The van der Waals surface area contributed by atoms with Crippen LogP contribution in [0.1, 0.15) is 164 Å². The molecule has 8 atom stereocenters. The summed E-state index contributed by atoms with van der Waals surface area (Å²) in [5.41, 5.74) is 2.48. The van der Waals surface area contributed by atoms with Crippen LogP contribution in [0.15, 0.2) is 72.4 Å². The molecule has 0 aromatic heterocycles. The molecule has 0 heterocycles. The number of carbonyl (C=O) groups excluding carboxylic acids is 1. The number of hydrogen-bond acceptors (Lipinski definition) is 2. The fraction of sp³-hybridized carbons (Fsp3) is 0.723. The molecule has 274 valence electrons. The smallest absolute Gasteiger partial charge is 0.306 e. The average Bonchev–Trinajstić information content (AvgIpc) is 3.43. The third-order valence-corrected chi connectivity index (χ3v) is 13.5. The number of allylic oxidation sites excluding steroid dienone is 11. The molecule has 4 rings (SSSR count). The van der Waals surface area contributed by atoms with Crippen molar-refractivity contribution < 1.29 is 9.53 Å². The molecule has 2 heteroatoms. The first-order valence-electron chi connectivity index (χ1n) is 20.8. The SMILES string of the molecule is CC/C=C\C/C=C\C/C=C\C/C=C\C/C=C\CCCC(=O)OC1CCC2(C)C(=CCC3C2CCC2(C)C(C(C)CCCC(C)C)CCC32)C1. The van der Waals surface area contributed by atoms with Gasteiger partial charge in [0.25, 0.3) is 0 Å². The second-order valence-corrected chi connectivity index (χ2v) is 17.2. The Hall–Kier alpha value is -2.09. The zero-order chi connectivity index (χ0) is 35.1. The van der Waals surface area contributed by atoms with Gasteiger partial charge < -0.3 is 4.74 Å². The minimum atomic E-state index is 0.00295. The number of rotatable bonds is 19. The summed E-state index contributed by atoms with van der Waals surface area (Å²) < 4.78 is 6.09. The molecule has 8 unspecified atom stereocenters. The maximum atomic E-state index is 12.8. The van der Waals surface area contributed by atoms with Gasteiger partial charge in [0, 0.05) is 12.8 Å². The predicted molar refractivity (Wildman–Crippen MR) is 211 cm³/mol. The Labute approximate surface area is 303 Å². The quantitative estimate of drug-likeness (QED) is 0.0776. The fourth-order valence-electron chi connectivity index (χ4n) is 10.7. The summed E-state index contributed by atoms with van der Waals surface area (Å²) in [6, 6.07) is 0. The lowest BCUT2D eigenvalue weighted by Gasteiger charge is -2.58. The van der Waals surface area contributed by atoms with Crippen molar-refractivity contribution in [2.75, 3.05) is 0 Å². The van der Waals surface area contributed by atoms with Crippen molar-refractivity contribution in [2.24, 2.45) is 46.3 Å². The maximum Gasteiger partial charge on any atom is 0.306 e. The van der Waals surface area contributed by atoms with Crippen molar-refractivity contribution in [3.05, 3.63) is 72.4 Å². The first-order valence-corrected chi connectivity index (χ1v) is 20.8. The van der Waals surface area contributed by atoms with Crippen LogP contribution in [0.4, 0.5) is 0 Å². The summed E-state index contributed by atoms with van der Waals surface area (Å²) in [5, 5.41) is 0. The zero-order valence-electron chi connectivity index (χ0n) is 32.6. The second-order valence-electron chi connectivity index (χ2n) is 17.2. The summed E-state index contributed by atoms with van der Waals surface area (Å²) in [4.78, 5) is 12.8. The van der Waals surface area contributed by atoms with Gasteiger partial charge in [0.05, 0.1) is 0 Å². The molecule has 0 aromatic rings. The second kappa shape index (κ2) is 20.1. The van der Waals surface area contributed by atoms with E-state index in [4.69, 9.17) is 4.74 Å². The van der Waals surface area contributed by atoms with E-state index < -0.39 is 0 Å². The van der Waals surface area contributed by atoms with Crippen molar-refractivity contribution in [2.45, 2.75) is 170 Å². The lowest BCUT2D eigenvalue weighted by Crippen LogP contribution is -2.51. The Morgan fingerprint density at radius 3 is 2.10 bits per heavy atom. The summed E-state index contributed by atoms with van der Waals surface area (Å²) in [7, 11) is 0. The van der Waals surface area contributed by atoms with Crippen LogP contribution in [0.3, 0.4) is 0 Å². The number of carbonyl (C=O) groups is 1. The van der Waals surface area contributed by atoms with Crippen molar-refractivity contribution >= 4 is 5.97 Å². The largest absolute Gasteiger partial charge is 0.462 e. The van der Waals surface area contributed by atoms with Crippen LogP contribution in [0, 0.1) is 46.3 Å². The number of unbranched alkanes of at least 4 members (excludes halogenated alkanes) is 1. The molecule has 49 heavy (non-hydrogen) atoms. The highest BCUT2D eigenvalue weighted by atomic mass is 16.5. The lowest BCUT2D eigenvalue weighted by atomic mass is 9.47. The van der Waals surface area contributed by atoms with E-state index in [1.54, 1.807) is 5.57 Å². The molecule has 0 spiro atoms. The molecule has 0 amide bonds. The van der Waals surface area contributed by atoms with Crippen LogP contribution in [0.25, 0.3) is 0 Å². The summed E-state index contributed by atoms with van der Waals surface area (Å²) in [5.74, 6) is 5.20.